The van der Waals surface area contributed by atoms with Gasteiger partial charge in [-0.2, -0.15) is 0 Å². The van der Waals surface area contributed by atoms with Crippen LogP contribution in [0.2, 0.25) is 0 Å². The monoisotopic (exact) mass is 304 g/mol. The molecule has 0 spiro atoms. The second kappa shape index (κ2) is 6.31. The van der Waals surface area contributed by atoms with Crippen molar-refractivity contribution in [3.63, 3.8) is 0 Å². The van der Waals surface area contributed by atoms with Gasteiger partial charge in [0.25, 0.3) is 0 Å². The van der Waals surface area contributed by atoms with Crippen LogP contribution in [0.1, 0.15) is 22.0 Å². The van der Waals surface area contributed by atoms with E-state index in [1.165, 1.54) is 16.0 Å². The summed E-state index contributed by atoms with van der Waals surface area (Å²) in [5.41, 5.74) is 8.88. The van der Waals surface area contributed by atoms with E-state index in [0.29, 0.717) is 12.6 Å². The lowest BCUT2D eigenvalue weighted by Gasteiger charge is -2.34. The summed E-state index contributed by atoms with van der Waals surface area (Å²) in [4.78, 5) is 5.38. The third-order valence-electron chi connectivity index (χ3n) is 4.00. The van der Waals surface area contributed by atoms with Crippen molar-refractivity contribution in [1.82, 2.24) is 4.90 Å². The fourth-order valence-corrected chi connectivity index (χ4v) is 4.16. The molecule has 1 aromatic carbocycles. The molecule has 0 saturated carbocycles. The maximum atomic E-state index is 6.06. The highest BCUT2D eigenvalue weighted by Crippen LogP contribution is 2.30. The van der Waals surface area contributed by atoms with Gasteiger partial charge in [-0.1, -0.05) is 12.1 Å². The molecule has 2 heterocycles. The molecule has 0 amide bonds. The van der Waals surface area contributed by atoms with Crippen molar-refractivity contribution < 1.29 is 0 Å². The Balaban J connectivity index is 1.79. The SMILES string of the molecule is CSc1ccc([C@H](CN)N2CCc3sccc3C2)cc1. The lowest BCUT2D eigenvalue weighted by molar-refractivity contribution is 0.185. The van der Waals surface area contributed by atoms with Crippen molar-refractivity contribution in [3.8, 4) is 0 Å². The molecule has 0 saturated heterocycles. The number of thiophene rings is 1. The molecule has 1 atom stereocenters. The predicted octanol–water partition coefficient (Wildman–Crippen LogP) is 3.53. The second-order valence-electron chi connectivity index (χ2n) is 5.11. The first-order valence-corrected chi connectivity index (χ1v) is 9.05. The minimum Gasteiger partial charge on any atom is -0.329 e. The van der Waals surface area contributed by atoms with Gasteiger partial charge in [-0.05, 0) is 47.4 Å². The number of hydrogen-bond acceptors (Lipinski definition) is 4. The van der Waals surface area contributed by atoms with Crippen molar-refractivity contribution in [3.05, 3.63) is 51.7 Å². The number of rotatable bonds is 4. The summed E-state index contributed by atoms with van der Waals surface area (Å²) in [7, 11) is 0. The number of benzene rings is 1. The van der Waals surface area contributed by atoms with Crippen LogP contribution in [0.5, 0.6) is 0 Å². The van der Waals surface area contributed by atoms with Gasteiger partial charge in [-0.3, -0.25) is 4.90 Å². The zero-order chi connectivity index (χ0) is 13.9. The van der Waals surface area contributed by atoms with Crippen molar-refractivity contribution in [1.29, 1.82) is 0 Å². The Hall–Kier alpha value is -0.810. The quantitative estimate of drug-likeness (QED) is 0.876. The van der Waals surface area contributed by atoms with Gasteiger partial charge >= 0.3 is 0 Å². The Kier molecular flexibility index (Phi) is 4.46. The minimum absolute atomic E-state index is 0.332. The molecular weight excluding hydrogens is 284 g/mol. The van der Waals surface area contributed by atoms with E-state index in [1.54, 1.807) is 16.6 Å². The minimum atomic E-state index is 0.332. The van der Waals surface area contributed by atoms with Gasteiger partial charge in [-0.15, -0.1) is 23.1 Å². The zero-order valence-corrected chi connectivity index (χ0v) is 13.3. The van der Waals surface area contributed by atoms with Crippen molar-refractivity contribution in [2.45, 2.75) is 23.9 Å². The van der Waals surface area contributed by atoms with Gasteiger partial charge in [0.05, 0.1) is 0 Å². The van der Waals surface area contributed by atoms with Crippen LogP contribution in [0, 0.1) is 0 Å². The van der Waals surface area contributed by atoms with E-state index in [-0.39, 0.29) is 0 Å². The van der Waals surface area contributed by atoms with E-state index < -0.39 is 0 Å². The van der Waals surface area contributed by atoms with Gasteiger partial charge in [0.1, 0.15) is 0 Å². The maximum absolute atomic E-state index is 6.06. The Labute approximate surface area is 129 Å². The number of thioether (sulfide) groups is 1. The standard InChI is InChI=1S/C16H20N2S2/c1-19-14-4-2-12(3-5-14)15(10-17)18-8-6-16-13(11-18)7-9-20-16/h2-5,7,9,15H,6,8,10-11,17H2,1H3/t15-/m0/s1. The first kappa shape index (κ1) is 14.1. The molecule has 2 aromatic rings. The molecule has 3 rings (SSSR count). The molecule has 0 aliphatic carbocycles. The summed E-state index contributed by atoms with van der Waals surface area (Å²) >= 11 is 3.67. The number of hydrogen-bond donors (Lipinski definition) is 1. The maximum Gasteiger partial charge on any atom is 0.0474 e. The second-order valence-corrected chi connectivity index (χ2v) is 6.99. The normalized spacial score (nSPS) is 16.9. The van der Waals surface area contributed by atoms with E-state index in [0.717, 1.165) is 19.5 Å². The molecule has 0 unspecified atom stereocenters. The molecule has 106 valence electrons. The van der Waals surface area contributed by atoms with Crippen LogP contribution in [0.4, 0.5) is 0 Å². The molecule has 1 aromatic heterocycles. The number of fused-ring (bicyclic) bond motifs is 1. The van der Waals surface area contributed by atoms with E-state index in [9.17, 15) is 0 Å². The van der Waals surface area contributed by atoms with Crippen molar-refractivity contribution in [2.75, 3.05) is 19.3 Å². The summed E-state index contributed by atoms with van der Waals surface area (Å²) < 4.78 is 0. The molecule has 2 nitrogen and oxygen atoms in total. The lowest BCUT2D eigenvalue weighted by Crippen LogP contribution is -2.37. The Morgan fingerprint density at radius 3 is 2.80 bits per heavy atom. The molecule has 4 heteroatoms. The summed E-state index contributed by atoms with van der Waals surface area (Å²) in [6.07, 6.45) is 3.27. The van der Waals surface area contributed by atoms with Gasteiger partial charge < -0.3 is 5.73 Å². The van der Waals surface area contributed by atoms with E-state index >= 15 is 0 Å². The molecule has 1 aliphatic heterocycles. The van der Waals surface area contributed by atoms with Crippen LogP contribution in [0.3, 0.4) is 0 Å². The van der Waals surface area contributed by atoms with Gasteiger partial charge in [0.15, 0.2) is 0 Å². The first-order chi connectivity index (χ1) is 9.81. The third-order valence-corrected chi connectivity index (χ3v) is 5.77. The van der Waals surface area contributed by atoms with Crippen molar-refractivity contribution in [2.24, 2.45) is 5.73 Å². The molecule has 20 heavy (non-hydrogen) atoms. The molecule has 1 aliphatic rings. The highest BCUT2D eigenvalue weighted by molar-refractivity contribution is 7.98. The zero-order valence-electron chi connectivity index (χ0n) is 11.7. The predicted molar refractivity (Wildman–Crippen MR) is 88.5 cm³/mol. The first-order valence-electron chi connectivity index (χ1n) is 6.95. The fraction of sp³-hybridized carbons (Fsp3) is 0.375. The lowest BCUT2D eigenvalue weighted by atomic mass is 10.0. The van der Waals surface area contributed by atoms with Crippen LogP contribution >= 0.6 is 23.1 Å². The number of nitrogens with two attached hydrogens (primary N) is 1. The molecule has 0 fully saturated rings. The average molecular weight is 304 g/mol. The molecular formula is C16H20N2S2. The van der Waals surface area contributed by atoms with Crippen LogP contribution in [-0.4, -0.2) is 24.2 Å². The average Bonchev–Trinajstić information content (AvgIpc) is 2.96. The van der Waals surface area contributed by atoms with Crippen LogP contribution < -0.4 is 5.73 Å². The van der Waals surface area contributed by atoms with Crippen LogP contribution in [0.15, 0.2) is 40.6 Å². The van der Waals surface area contributed by atoms with E-state index in [4.69, 9.17) is 5.73 Å². The van der Waals surface area contributed by atoms with Crippen molar-refractivity contribution >= 4 is 23.1 Å². The Morgan fingerprint density at radius 1 is 1.30 bits per heavy atom. The van der Waals surface area contributed by atoms with Gasteiger partial charge in [-0.25, -0.2) is 0 Å². The summed E-state index contributed by atoms with van der Waals surface area (Å²) in [5, 5.41) is 2.21. The molecule has 2 N–H and O–H groups in total. The molecule has 0 bridgehead atoms. The number of nitrogens with zero attached hydrogens (tertiary/aromatic N) is 1. The van der Waals surface area contributed by atoms with E-state index in [2.05, 4.69) is 46.9 Å². The van der Waals surface area contributed by atoms with Gasteiger partial charge in [0.2, 0.25) is 0 Å². The van der Waals surface area contributed by atoms with E-state index in [1.807, 2.05) is 11.3 Å². The smallest absolute Gasteiger partial charge is 0.0474 e. The summed E-state index contributed by atoms with van der Waals surface area (Å²) in [6, 6.07) is 11.4. The Morgan fingerprint density at radius 2 is 2.10 bits per heavy atom. The molecule has 0 radical (unpaired) electrons. The Bertz CT molecular complexity index is 562. The topological polar surface area (TPSA) is 29.3 Å². The van der Waals surface area contributed by atoms with Crippen LogP contribution in [0.25, 0.3) is 0 Å². The van der Waals surface area contributed by atoms with Gasteiger partial charge in [0, 0.05) is 35.4 Å². The highest BCUT2D eigenvalue weighted by Gasteiger charge is 2.24. The summed E-state index contributed by atoms with van der Waals surface area (Å²) in [5.74, 6) is 0. The largest absolute Gasteiger partial charge is 0.329 e. The highest BCUT2D eigenvalue weighted by atomic mass is 32.2. The van der Waals surface area contributed by atoms with Crippen LogP contribution in [-0.2, 0) is 13.0 Å². The third kappa shape index (κ3) is 2.79. The summed E-state index contributed by atoms with van der Waals surface area (Å²) in [6.45, 7) is 2.82. The fourth-order valence-electron chi connectivity index (χ4n) is 2.86.